The number of halogens is 2. The second-order valence-electron chi connectivity index (χ2n) is 6.45. The molecule has 0 saturated heterocycles. The molecule has 0 bridgehead atoms. The van der Waals surface area contributed by atoms with Crippen molar-refractivity contribution < 1.29 is 0 Å². The summed E-state index contributed by atoms with van der Waals surface area (Å²) in [6, 6.07) is 19.9. The number of rotatable bonds is 9. The third kappa shape index (κ3) is 7.22. The van der Waals surface area contributed by atoms with Gasteiger partial charge in [0, 0.05) is 22.9 Å². The zero-order valence-corrected chi connectivity index (χ0v) is 19.8. The van der Waals surface area contributed by atoms with E-state index in [1.165, 1.54) is 11.8 Å². The zero-order chi connectivity index (χ0) is 22.2. The lowest BCUT2D eigenvalue weighted by molar-refractivity contribution is 0.387. The maximum Gasteiger partial charge on any atom is 0.228 e. The van der Waals surface area contributed by atoms with Gasteiger partial charge in [0.05, 0.1) is 0 Å². The third-order valence-electron chi connectivity index (χ3n) is 4.09. The molecule has 12 heteroatoms. The molecule has 32 heavy (non-hydrogen) atoms. The second-order valence-corrected chi connectivity index (χ2v) is 9.34. The Bertz CT molecular complexity index is 1040. The molecule has 0 radical (unpaired) electrons. The summed E-state index contributed by atoms with van der Waals surface area (Å²) in [5.74, 6) is 0.423. The minimum absolute atomic E-state index is 0.147. The van der Waals surface area contributed by atoms with Gasteiger partial charge in [-0.1, -0.05) is 48.2 Å². The molecule has 3 aromatic rings. The first-order chi connectivity index (χ1) is 15.6. The molecule has 2 heterocycles. The van der Waals surface area contributed by atoms with Crippen LogP contribution in [0.4, 0.5) is 5.95 Å². The summed E-state index contributed by atoms with van der Waals surface area (Å²) in [5, 5.41) is 14.0. The predicted octanol–water partition coefficient (Wildman–Crippen LogP) is 3.82. The molecule has 4 rings (SSSR count). The van der Waals surface area contributed by atoms with E-state index in [0.717, 1.165) is 9.79 Å². The van der Waals surface area contributed by atoms with E-state index >= 15 is 0 Å². The summed E-state index contributed by atoms with van der Waals surface area (Å²) in [5.41, 5.74) is -0.198. The molecule has 1 aliphatic heterocycles. The monoisotopic (exact) mass is 506 g/mol. The summed E-state index contributed by atoms with van der Waals surface area (Å²) < 4.78 is 0. The predicted molar refractivity (Wildman–Crippen MR) is 131 cm³/mol. The van der Waals surface area contributed by atoms with Crippen molar-refractivity contribution in [2.24, 2.45) is 4.99 Å². The molecule has 2 atom stereocenters. The number of aromatic nitrogens is 3. The Morgan fingerprint density at radius 3 is 2.34 bits per heavy atom. The smallest absolute Gasteiger partial charge is 0.228 e. The summed E-state index contributed by atoms with van der Waals surface area (Å²) >= 11 is 15.3. The van der Waals surface area contributed by atoms with Crippen LogP contribution in [0, 0.1) is 0 Å². The van der Waals surface area contributed by atoms with Gasteiger partial charge >= 0.3 is 0 Å². The van der Waals surface area contributed by atoms with Gasteiger partial charge in [0.25, 0.3) is 0 Å². The number of thioether (sulfide) groups is 1. The van der Waals surface area contributed by atoms with E-state index in [1.54, 1.807) is 11.8 Å². The van der Waals surface area contributed by atoms with Crippen LogP contribution in [-0.2, 0) is 0 Å². The topological polar surface area (TPSA) is 99.2 Å². The van der Waals surface area contributed by atoms with Crippen molar-refractivity contribution in [1.82, 2.24) is 30.9 Å². The first-order valence-electron chi connectivity index (χ1n) is 9.73. The van der Waals surface area contributed by atoms with Crippen LogP contribution in [-0.4, -0.2) is 45.1 Å². The minimum Gasteiger partial charge on any atom is -0.353 e. The van der Waals surface area contributed by atoms with Crippen LogP contribution in [0.5, 0.6) is 0 Å². The average molecular weight is 507 g/mol. The lowest BCUT2D eigenvalue weighted by Gasteiger charge is -2.29. The molecular weight excluding hydrogens is 487 g/mol. The summed E-state index contributed by atoms with van der Waals surface area (Å²) in [7, 11) is 0. The van der Waals surface area contributed by atoms with Crippen LogP contribution in [0.2, 0.25) is 5.28 Å². The standard InChI is InChI=1S/C20H20Cl2N8S2/c21-15-25-17(29-19(27-15)31-13-7-3-1-4-8-13)23-11-12-24-18-26-16(22)28-20(30-18)32-14-9-5-2-6-10-14/h1-10,17,19,23,29H,11-12H2,(H,25,27)(H,24,26,28,30). The fourth-order valence-corrected chi connectivity index (χ4v) is 4.90. The number of benzene rings is 2. The van der Waals surface area contributed by atoms with E-state index in [4.69, 9.17) is 23.2 Å². The molecule has 1 aromatic heterocycles. The van der Waals surface area contributed by atoms with E-state index in [2.05, 4.69) is 41.2 Å². The van der Waals surface area contributed by atoms with Crippen molar-refractivity contribution in [2.75, 3.05) is 18.4 Å². The average Bonchev–Trinajstić information content (AvgIpc) is 2.77. The van der Waals surface area contributed by atoms with Gasteiger partial charge in [0.2, 0.25) is 11.2 Å². The fraction of sp³-hybridized carbons (Fsp3) is 0.200. The molecule has 166 valence electrons. The van der Waals surface area contributed by atoms with Gasteiger partial charge in [-0.15, -0.1) is 0 Å². The molecule has 0 fully saturated rings. The number of hydrogen-bond acceptors (Lipinski definition) is 10. The van der Waals surface area contributed by atoms with Crippen LogP contribution in [0.25, 0.3) is 0 Å². The van der Waals surface area contributed by atoms with Crippen LogP contribution in [0.3, 0.4) is 0 Å². The quantitative estimate of drug-likeness (QED) is 0.255. The molecule has 0 aliphatic carbocycles. The van der Waals surface area contributed by atoms with E-state index in [9.17, 15) is 0 Å². The Morgan fingerprint density at radius 1 is 0.875 bits per heavy atom. The van der Waals surface area contributed by atoms with Gasteiger partial charge in [0.1, 0.15) is 6.29 Å². The normalized spacial score (nSPS) is 18.0. The zero-order valence-electron chi connectivity index (χ0n) is 16.7. The van der Waals surface area contributed by atoms with Gasteiger partial charge in [-0.2, -0.15) is 15.0 Å². The van der Waals surface area contributed by atoms with E-state index in [0.29, 0.717) is 29.5 Å². The van der Waals surface area contributed by atoms with Gasteiger partial charge in [-0.05, 0) is 59.2 Å². The van der Waals surface area contributed by atoms with E-state index in [1.807, 2.05) is 60.7 Å². The highest BCUT2D eigenvalue weighted by molar-refractivity contribution is 8.00. The van der Waals surface area contributed by atoms with Crippen molar-refractivity contribution in [3.8, 4) is 0 Å². The SMILES string of the molecule is ClC1=NC(Sc2ccccc2)NC(NCCNc2nc(Cl)nc(Sc3ccccc3)n2)N1. The molecule has 8 nitrogen and oxygen atoms in total. The summed E-state index contributed by atoms with van der Waals surface area (Å²) in [6.07, 6.45) is -0.228. The Hall–Kier alpha value is -2.08. The Kier molecular flexibility index (Phi) is 8.43. The number of amidine groups is 1. The first-order valence-corrected chi connectivity index (χ1v) is 12.2. The molecule has 0 spiro atoms. The maximum absolute atomic E-state index is 6.17. The van der Waals surface area contributed by atoms with Gasteiger partial charge < -0.3 is 10.6 Å². The van der Waals surface area contributed by atoms with Crippen molar-refractivity contribution in [2.45, 2.75) is 26.7 Å². The van der Waals surface area contributed by atoms with E-state index < -0.39 is 0 Å². The van der Waals surface area contributed by atoms with Crippen LogP contribution < -0.4 is 21.3 Å². The largest absolute Gasteiger partial charge is 0.353 e. The molecule has 1 aliphatic rings. The fourth-order valence-electron chi connectivity index (χ4n) is 2.72. The number of hydrogen-bond donors (Lipinski definition) is 4. The number of aliphatic imine (C=N–C) groups is 1. The van der Waals surface area contributed by atoms with Crippen LogP contribution in [0.15, 0.2) is 80.6 Å². The lowest BCUT2D eigenvalue weighted by Crippen LogP contribution is -2.59. The Labute approximate surface area is 204 Å². The molecule has 0 saturated carbocycles. The van der Waals surface area contributed by atoms with Gasteiger partial charge in [-0.25, -0.2) is 4.99 Å². The molecule has 2 aromatic carbocycles. The molecular formula is C20H20Cl2N8S2. The van der Waals surface area contributed by atoms with Crippen LogP contribution >= 0.6 is 46.7 Å². The highest BCUT2D eigenvalue weighted by Gasteiger charge is 2.21. The first kappa shape index (κ1) is 23.1. The maximum atomic E-state index is 6.17. The molecule has 2 unspecified atom stereocenters. The lowest BCUT2D eigenvalue weighted by atomic mass is 10.4. The van der Waals surface area contributed by atoms with Crippen LogP contribution in [0.1, 0.15) is 0 Å². The number of nitrogens with one attached hydrogen (secondary N) is 4. The van der Waals surface area contributed by atoms with Crippen molar-refractivity contribution in [1.29, 1.82) is 0 Å². The van der Waals surface area contributed by atoms with Gasteiger partial charge in [0.15, 0.2) is 15.9 Å². The molecule has 4 N–H and O–H groups in total. The van der Waals surface area contributed by atoms with Gasteiger partial charge in [-0.3, -0.25) is 10.6 Å². The van der Waals surface area contributed by atoms with Crippen molar-refractivity contribution >= 4 is 58.0 Å². The Morgan fingerprint density at radius 2 is 1.59 bits per heavy atom. The summed E-state index contributed by atoms with van der Waals surface area (Å²) in [4.78, 5) is 19.3. The van der Waals surface area contributed by atoms with E-state index in [-0.39, 0.29) is 17.1 Å². The molecule has 0 amide bonds. The second kappa shape index (κ2) is 11.7. The summed E-state index contributed by atoms with van der Waals surface area (Å²) in [6.45, 7) is 1.18. The number of anilines is 1. The highest BCUT2D eigenvalue weighted by atomic mass is 35.5. The Balaban J connectivity index is 1.25. The van der Waals surface area contributed by atoms with Crippen molar-refractivity contribution in [3.05, 3.63) is 65.9 Å². The minimum atomic E-state index is -0.228. The van der Waals surface area contributed by atoms with Crippen molar-refractivity contribution in [3.63, 3.8) is 0 Å². The third-order valence-corrected chi connectivity index (χ3v) is 6.35. The highest BCUT2D eigenvalue weighted by Crippen LogP contribution is 2.25. The number of nitrogens with zero attached hydrogens (tertiary/aromatic N) is 4.